The molecule has 0 amide bonds. The Kier molecular flexibility index (Phi) is 3.50. The first-order chi connectivity index (χ1) is 11.2. The van der Waals surface area contributed by atoms with Crippen LogP contribution in [0.3, 0.4) is 0 Å². The summed E-state index contributed by atoms with van der Waals surface area (Å²) in [5.74, 6) is 0.778. The Morgan fingerprint density at radius 2 is 1.96 bits per heavy atom. The first-order valence-corrected chi connectivity index (χ1v) is 8.06. The molecule has 0 fully saturated rings. The molecule has 114 valence electrons. The van der Waals surface area contributed by atoms with Crippen molar-refractivity contribution in [1.29, 1.82) is 0 Å². The first kappa shape index (κ1) is 14.2. The molecule has 0 spiro atoms. The Bertz CT molecular complexity index is 974. The van der Waals surface area contributed by atoms with Gasteiger partial charge in [-0.05, 0) is 48.3 Å². The van der Waals surface area contributed by atoms with Crippen LogP contribution < -0.4 is 5.56 Å². The van der Waals surface area contributed by atoms with E-state index in [-0.39, 0.29) is 5.56 Å². The molecular weight excluding hydrogens is 308 g/mol. The van der Waals surface area contributed by atoms with E-state index in [2.05, 4.69) is 18.2 Å². The summed E-state index contributed by atoms with van der Waals surface area (Å²) in [6, 6.07) is 15.4. The van der Waals surface area contributed by atoms with Crippen LogP contribution in [-0.2, 0) is 6.54 Å². The fourth-order valence-corrected chi connectivity index (χ4v) is 3.24. The number of allylic oxidation sites excluding steroid dienone is 1. The van der Waals surface area contributed by atoms with Crippen molar-refractivity contribution < 1.29 is 0 Å². The number of fused-ring (bicyclic) bond motifs is 2. The molecule has 2 heterocycles. The van der Waals surface area contributed by atoms with E-state index in [1.807, 2.05) is 24.3 Å². The Morgan fingerprint density at radius 3 is 2.78 bits per heavy atom. The third-order valence-electron chi connectivity index (χ3n) is 4.17. The molecule has 1 aromatic heterocycles. The van der Waals surface area contributed by atoms with E-state index in [1.54, 1.807) is 16.7 Å². The molecule has 4 heteroatoms. The van der Waals surface area contributed by atoms with Crippen molar-refractivity contribution in [2.24, 2.45) is 0 Å². The Labute approximate surface area is 138 Å². The largest absolute Gasteiger partial charge is 0.292 e. The van der Waals surface area contributed by atoms with E-state index >= 15 is 0 Å². The molecule has 3 nitrogen and oxygen atoms in total. The van der Waals surface area contributed by atoms with E-state index in [0.717, 1.165) is 29.8 Å². The molecule has 1 aliphatic heterocycles. The maximum Gasteiger partial charge on any atom is 0.261 e. The number of hydrogen-bond acceptors (Lipinski definition) is 2. The van der Waals surface area contributed by atoms with Crippen LogP contribution in [0.2, 0.25) is 5.02 Å². The van der Waals surface area contributed by atoms with Gasteiger partial charge in [0.05, 0.1) is 10.9 Å². The van der Waals surface area contributed by atoms with Gasteiger partial charge < -0.3 is 0 Å². The van der Waals surface area contributed by atoms with Gasteiger partial charge >= 0.3 is 0 Å². The van der Waals surface area contributed by atoms with Gasteiger partial charge in [0.2, 0.25) is 0 Å². The second-order valence-corrected chi connectivity index (χ2v) is 6.17. The van der Waals surface area contributed by atoms with Crippen LogP contribution in [0, 0.1) is 0 Å². The summed E-state index contributed by atoms with van der Waals surface area (Å²) < 4.78 is 1.77. The number of rotatable bonds is 1. The topological polar surface area (TPSA) is 34.9 Å². The SMILES string of the molecule is O=c1c2cc(Cl)ccc2nc2n1CCCC2=Cc1ccccc1. The van der Waals surface area contributed by atoms with Crippen LogP contribution in [0.1, 0.15) is 24.2 Å². The summed E-state index contributed by atoms with van der Waals surface area (Å²) >= 11 is 6.02. The van der Waals surface area contributed by atoms with Crippen LogP contribution in [0.4, 0.5) is 0 Å². The second-order valence-electron chi connectivity index (χ2n) is 5.74. The quantitative estimate of drug-likeness (QED) is 0.666. The summed E-state index contributed by atoms with van der Waals surface area (Å²) in [6.07, 6.45) is 4.00. The normalized spacial score (nSPS) is 15.8. The van der Waals surface area contributed by atoms with E-state index in [9.17, 15) is 4.79 Å². The highest BCUT2D eigenvalue weighted by Gasteiger charge is 2.18. The predicted octanol–water partition coefficient (Wildman–Crippen LogP) is 4.38. The van der Waals surface area contributed by atoms with Gasteiger partial charge in [0.25, 0.3) is 5.56 Å². The highest BCUT2D eigenvalue weighted by Crippen LogP contribution is 2.27. The van der Waals surface area contributed by atoms with Crippen molar-refractivity contribution in [3.05, 3.63) is 75.3 Å². The van der Waals surface area contributed by atoms with Crippen LogP contribution >= 0.6 is 11.6 Å². The van der Waals surface area contributed by atoms with Gasteiger partial charge in [0, 0.05) is 11.6 Å². The average molecular weight is 323 g/mol. The van der Waals surface area contributed by atoms with E-state index < -0.39 is 0 Å². The number of nitrogens with zero attached hydrogens (tertiary/aromatic N) is 2. The monoisotopic (exact) mass is 322 g/mol. The lowest BCUT2D eigenvalue weighted by atomic mass is 10.0. The van der Waals surface area contributed by atoms with E-state index in [0.29, 0.717) is 22.5 Å². The van der Waals surface area contributed by atoms with Gasteiger partial charge in [0.15, 0.2) is 0 Å². The van der Waals surface area contributed by atoms with Crippen LogP contribution in [0.5, 0.6) is 0 Å². The zero-order valence-corrected chi connectivity index (χ0v) is 13.3. The van der Waals surface area contributed by atoms with Crippen LogP contribution in [0.25, 0.3) is 22.6 Å². The lowest BCUT2D eigenvalue weighted by Crippen LogP contribution is -2.27. The minimum atomic E-state index is -0.00818. The van der Waals surface area contributed by atoms with Crippen molar-refractivity contribution in [3.8, 4) is 0 Å². The van der Waals surface area contributed by atoms with Crippen molar-refractivity contribution in [3.63, 3.8) is 0 Å². The lowest BCUT2D eigenvalue weighted by Gasteiger charge is -2.21. The Morgan fingerprint density at radius 1 is 1.13 bits per heavy atom. The summed E-state index contributed by atoms with van der Waals surface area (Å²) in [5.41, 5.74) is 2.93. The zero-order chi connectivity index (χ0) is 15.8. The van der Waals surface area contributed by atoms with E-state index in [1.165, 1.54) is 0 Å². The fraction of sp³-hybridized carbons (Fsp3) is 0.158. The van der Waals surface area contributed by atoms with Gasteiger partial charge in [-0.1, -0.05) is 41.9 Å². The standard InChI is InChI=1S/C19H15ClN2O/c20-15-8-9-17-16(12-15)19(23)22-10-4-7-14(18(22)21-17)11-13-5-2-1-3-6-13/h1-3,5-6,8-9,11-12H,4,7,10H2. The first-order valence-electron chi connectivity index (χ1n) is 7.68. The smallest absolute Gasteiger partial charge is 0.261 e. The maximum absolute atomic E-state index is 12.8. The van der Waals surface area contributed by atoms with Crippen molar-refractivity contribution >= 4 is 34.2 Å². The molecule has 23 heavy (non-hydrogen) atoms. The van der Waals surface area contributed by atoms with Gasteiger partial charge in [-0.25, -0.2) is 4.98 Å². The summed E-state index contributed by atoms with van der Waals surface area (Å²) in [5, 5.41) is 1.15. The highest BCUT2D eigenvalue weighted by atomic mass is 35.5. The molecule has 4 rings (SSSR count). The highest BCUT2D eigenvalue weighted by molar-refractivity contribution is 6.31. The van der Waals surface area contributed by atoms with Gasteiger partial charge in [-0.3, -0.25) is 9.36 Å². The predicted molar refractivity (Wildman–Crippen MR) is 94.6 cm³/mol. The van der Waals surface area contributed by atoms with Crippen molar-refractivity contribution in [2.75, 3.05) is 0 Å². The Hall–Kier alpha value is -2.39. The van der Waals surface area contributed by atoms with Gasteiger partial charge in [-0.2, -0.15) is 0 Å². The summed E-state index contributed by atoms with van der Waals surface area (Å²) in [6.45, 7) is 0.704. The summed E-state index contributed by atoms with van der Waals surface area (Å²) in [7, 11) is 0. The minimum Gasteiger partial charge on any atom is -0.292 e. The number of benzene rings is 2. The van der Waals surface area contributed by atoms with Crippen LogP contribution in [0.15, 0.2) is 53.3 Å². The molecule has 0 bridgehead atoms. The second kappa shape index (κ2) is 5.67. The number of hydrogen-bond donors (Lipinski definition) is 0. The van der Waals surface area contributed by atoms with Crippen molar-refractivity contribution in [2.45, 2.75) is 19.4 Å². The molecule has 2 aromatic carbocycles. The minimum absolute atomic E-state index is 0.00818. The molecule has 0 saturated heterocycles. The third-order valence-corrected chi connectivity index (χ3v) is 4.41. The molecule has 0 radical (unpaired) electrons. The third kappa shape index (κ3) is 2.57. The molecule has 0 unspecified atom stereocenters. The maximum atomic E-state index is 12.8. The molecule has 0 atom stereocenters. The number of aromatic nitrogens is 2. The Balaban J connectivity index is 1.95. The van der Waals surface area contributed by atoms with Gasteiger partial charge in [-0.15, -0.1) is 0 Å². The van der Waals surface area contributed by atoms with E-state index in [4.69, 9.17) is 16.6 Å². The molecule has 0 N–H and O–H groups in total. The fourth-order valence-electron chi connectivity index (χ4n) is 3.07. The molecule has 1 aliphatic rings. The average Bonchev–Trinajstić information content (AvgIpc) is 2.57. The van der Waals surface area contributed by atoms with Gasteiger partial charge in [0.1, 0.15) is 5.82 Å². The zero-order valence-electron chi connectivity index (χ0n) is 12.5. The molecule has 0 saturated carbocycles. The molecule has 0 aliphatic carbocycles. The molecule has 3 aromatic rings. The number of halogens is 1. The van der Waals surface area contributed by atoms with Crippen LogP contribution in [-0.4, -0.2) is 9.55 Å². The molecular formula is C19H15ClN2O. The van der Waals surface area contributed by atoms with Crippen molar-refractivity contribution in [1.82, 2.24) is 9.55 Å². The summed E-state index contributed by atoms with van der Waals surface area (Å²) in [4.78, 5) is 17.5. The lowest BCUT2D eigenvalue weighted by molar-refractivity contribution is 0.587.